The van der Waals surface area contributed by atoms with E-state index in [1.165, 1.54) is 5.56 Å². The fourth-order valence-electron chi connectivity index (χ4n) is 3.87. The Morgan fingerprint density at radius 3 is 2.12 bits per heavy atom. The van der Waals surface area contributed by atoms with Crippen molar-refractivity contribution in [2.24, 2.45) is 0 Å². The van der Waals surface area contributed by atoms with Crippen LogP contribution in [0.1, 0.15) is 18.1 Å². The van der Waals surface area contributed by atoms with Gasteiger partial charge in [-0.15, -0.1) is 24.8 Å². The summed E-state index contributed by atoms with van der Waals surface area (Å²) < 4.78 is 12.3. The predicted molar refractivity (Wildman–Crippen MR) is 145 cm³/mol. The third-order valence-corrected chi connectivity index (χ3v) is 5.82. The maximum absolute atomic E-state index is 6.23. The lowest BCUT2D eigenvalue weighted by molar-refractivity contribution is -0.0723. The van der Waals surface area contributed by atoms with Crippen molar-refractivity contribution >= 4 is 30.9 Å². The van der Waals surface area contributed by atoms with Gasteiger partial charge in [-0.25, -0.2) is 0 Å². The molecule has 1 heterocycles. The molecule has 1 unspecified atom stereocenters. The Morgan fingerprint density at radius 2 is 1.41 bits per heavy atom. The van der Waals surface area contributed by atoms with Crippen LogP contribution in [0.25, 0.3) is 6.08 Å². The molecule has 0 bridgehead atoms. The monoisotopic (exact) mass is 500 g/mol. The first-order valence-corrected chi connectivity index (χ1v) is 11.4. The number of benzene rings is 3. The summed E-state index contributed by atoms with van der Waals surface area (Å²) in [6.45, 7) is 7.81. The third kappa shape index (κ3) is 8.46. The Kier molecular flexibility index (Phi) is 12.2. The first-order valence-electron chi connectivity index (χ1n) is 11.4. The Balaban J connectivity index is 0.00000204. The number of para-hydroxylation sites is 2. The highest BCUT2D eigenvalue weighted by molar-refractivity contribution is 5.85. The van der Waals surface area contributed by atoms with Crippen LogP contribution >= 0.6 is 24.8 Å². The quantitative estimate of drug-likeness (QED) is 0.334. The minimum Gasteiger partial charge on any atom is -0.457 e. The highest BCUT2D eigenvalue weighted by Gasteiger charge is 2.21. The van der Waals surface area contributed by atoms with Crippen LogP contribution in [0.3, 0.4) is 0 Å². The lowest BCUT2D eigenvalue weighted by Gasteiger charge is -2.37. The van der Waals surface area contributed by atoms with Crippen molar-refractivity contribution in [3.8, 4) is 11.5 Å². The average Bonchev–Trinajstić information content (AvgIpc) is 2.85. The molecule has 0 saturated carbocycles. The van der Waals surface area contributed by atoms with Gasteiger partial charge in [-0.05, 0) is 30.7 Å². The smallest absolute Gasteiger partial charge is 0.132 e. The van der Waals surface area contributed by atoms with Crippen LogP contribution in [0.2, 0.25) is 0 Å². The summed E-state index contributed by atoms with van der Waals surface area (Å²) in [6, 6.07) is 28.5. The van der Waals surface area contributed by atoms with E-state index in [4.69, 9.17) is 9.47 Å². The van der Waals surface area contributed by atoms with E-state index >= 15 is 0 Å². The predicted octanol–water partition coefficient (Wildman–Crippen LogP) is 6.52. The fraction of sp³-hybridized carbons (Fsp3) is 0.286. The molecule has 3 aromatic carbocycles. The highest BCUT2D eigenvalue weighted by Crippen LogP contribution is 2.26. The molecule has 3 aromatic rings. The van der Waals surface area contributed by atoms with Gasteiger partial charge in [-0.1, -0.05) is 78.9 Å². The number of piperazine rings is 1. The van der Waals surface area contributed by atoms with Crippen molar-refractivity contribution in [3.05, 3.63) is 102 Å². The van der Waals surface area contributed by atoms with E-state index in [1.807, 2.05) is 48.5 Å². The summed E-state index contributed by atoms with van der Waals surface area (Å²) in [6.07, 6.45) is 4.53. The third-order valence-electron chi connectivity index (χ3n) is 5.82. The van der Waals surface area contributed by atoms with E-state index in [2.05, 4.69) is 65.3 Å². The molecular weight excluding hydrogens is 467 g/mol. The number of nitrogens with zero attached hydrogens (tertiary/aromatic N) is 2. The summed E-state index contributed by atoms with van der Waals surface area (Å²) in [7, 11) is 0. The largest absolute Gasteiger partial charge is 0.457 e. The topological polar surface area (TPSA) is 24.9 Å². The molecule has 0 amide bonds. The molecule has 0 spiro atoms. The minimum atomic E-state index is 0. The Hall–Kier alpha value is -2.34. The summed E-state index contributed by atoms with van der Waals surface area (Å²) in [5.41, 5.74) is 2.32. The number of halogens is 2. The van der Waals surface area contributed by atoms with Gasteiger partial charge in [0, 0.05) is 38.3 Å². The summed E-state index contributed by atoms with van der Waals surface area (Å²) >= 11 is 0. The molecule has 1 atom stereocenters. The SMILES string of the molecule is CC(OCc1ccccc1Oc1ccccc1)N1CCN(CC=Cc2ccccc2)CC1.Cl.Cl. The van der Waals surface area contributed by atoms with Crippen LogP contribution in [0, 0.1) is 0 Å². The first-order chi connectivity index (χ1) is 15.8. The number of hydrogen-bond donors (Lipinski definition) is 0. The maximum Gasteiger partial charge on any atom is 0.132 e. The maximum atomic E-state index is 6.23. The molecule has 0 aliphatic carbocycles. The van der Waals surface area contributed by atoms with E-state index in [0.29, 0.717) is 6.61 Å². The van der Waals surface area contributed by atoms with E-state index in [1.54, 1.807) is 0 Å². The zero-order chi connectivity index (χ0) is 22.0. The van der Waals surface area contributed by atoms with Gasteiger partial charge in [0.05, 0.1) is 6.61 Å². The molecule has 0 aromatic heterocycles. The molecule has 182 valence electrons. The van der Waals surface area contributed by atoms with Gasteiger partial charge in [0.2, 0.25) is 0 Å². The Labute approximate surface area is 216 Å². The van der Waals surface area contributed by atoms with Crippen molar-refractivity contribution in [2.45, 2.75) is 19.8 Å². The lowest BCUT2D eigenvalue weighted by Crippen LogP contribution is -2.50. The Morgan fingerprint density at radius 1 is 0.794 bits per heavy atom. The molecule has 0 radical (unpaired) electrons. The van der Waals surface area contributed by atoms with E-state index in [-0.39, 0.29) is 31.0 Å². The van der Waals surface area contributed by atoms with Gasteiger partial charge < -0.3 is 9.47 Å². The first kappa shape index (κ1) is 27.9. The van der Waals surface area contributed by atoms with Gasteiger partial charge in [0.15, 0.2) is 0 Å². The van der Waals surface area contributed by atoms with Crippen LogP contribution in [0.15, 0.2) is 91.0 Å². The lowest BCUT2D eigenvalue weighted by atomic mass is 10.2. The standard InChI is InChI=1S/C28H32N2O2.2ClH/c1-24(30-21-19-29(20-22-30)18-10-13-25-11-4-2-5-12-25)31-23-26-14-8-9-17-28(26)32-27-15-6-3-7-16-27;;/h2-17,24H,18-23H2,1H3;2*1H. The summed E-state index contributed by atoms with van der Waals surface area (Å²) in [5, 5.41) is 0. The van der Waals surface area contributed by atoms with Crippen LogP contribution in [0.4, 0.5) is 0 Å². The van der Waals surface area contributed by atoms with Gasteiger partial charge in [-0.2, -0.15) is 0 Å². The molecule has 4 rings (SSSR count). The van der Waals surface area contributed by atoms with Crippen molar-refractivity contribution in [3.63, 3.8) is 0 Å². The normalized spacial score (nSPS) is 15.3. The van der Waals surface area contributed by atoms with Crippen LogP contribution in [-0.4, -0.2) is 48.8 Å². The fourth-order valence-corrected chi connectivity index (χ4v) is 3.87. The van der Waals surface area contributed by atoms with Gasteiger partial charge in [0.1, 0.15) is 17.7 Å². The van der Waals surface area contributed by atoms with E-state index < -0.39 is 0 Å². The molecule has 1 fully saturated rings. The van der Waals surface area contributed by atoms with E-state index in [0.717, 1.165) is 49.8 Å². The average molecular weight is 501 g/mol. The molecule has 4 nitrogen and oxygen atoms in total. The van der Waals surface area contributed by atoms with Crippen LogP contribution < -0.4 is 4.74 Å². The second kappa shape index (κ2) is 14.8. The van der Waals surface area contributed by atoms with Crippen molar-refractivity contribution < 1.29 is 9.47 Å². The zero-order valence-corrected chi connectivity index (χ0v) is 21.2. The Bertz CT molecular complexity index is 978. The van der Waals surface area contributed by atoms with Gasteiger partial charge in [-0.3, -0.25) is 9.80 Å². The number of ether oxygens (including phenoxy) is 2. The summed E-state index contributed by atoms with van der Waals surface area (Å²) in [4.78, 5) is 4.91. The number of hydrogen-bond acceptors (Lipinski definition) is 4. The van der Waals surface area contributed by atoms with Gasteiger partial charge >= 0.3 is 0 Å². The molecule has 34 heavy (non-hydrogen) atoms. The minimum absolute atomic E-state index is 0. The highest BCUT2D eigenvalue weighted by atomic mass is 35.5. The molecule has 1 aliphatic heterocycles. The molecule has 1 aliphatic rings. The van der Waals surface area contributed by atoms with Gasteiger partial charge in [0.25, 0.3) is 0 Å². The molecule has 6 heteroatoms. The molecule has 1 saturated heterocycles. The zero-order valence-electron chi connectivity index (χ0n) is 19.6. The summed E-state index contributed by atoms with van der Waals surface area (Å²) in [5.74, 6) is 1.69. The van der Waals surface area contributed by atoms with Crippen molar-refractivity contribution in [2.75, 3.05) is 32.7 Å². The second-order valence-electron chi connectivity index (χ2n) is 8.08. The molecular formula is C28H34Cl2N2O2. The van der Waals surface area contributed by atoms with Crippen molar-refractivity contribution in [1.29, 1.82) is 0 Å². The van der Waals surface area contributed by atoms with Crippen LogP contribution in [-0.2, 0) is 11.3 Å². The number of rotatable bonds is 9. The molecule has 0 N–H and O–H groups in total. The second-order valence-corrected chi connectivity index (χ2v) is 8.08. The van der Waals surface area contributed by atoms with E-state index in [9.17, 15) is 0 Å². The van der Waals surface area contributed by atoms with Crippen LogP contribution in [0.5, 0.6) is 11.5 Å². The van der Waals surface area contributed by atoms with Crippen molar-refractivity contribution in [1.82, 2.24) is 9.80 Å².